The first-order chi connectivity index (χ1) is 20.2. The van der Waals surface area contributed by atoms with Gasteiger partial charge in [-0.05, 0) is 78.2 Å². The van der Waals surface area contributed by atoms with Crippen LogP contribution in [0.1, 0.15) is 43.5 Å². The number of nitrogens with zero attached hydrogens (tertiary/aromatic N) is 3. The van der Waals surface area contributed by atoms with Gasteiger partial charge in [0.05, 0.1) is 11.1 Å². The normalized spacial score (nSPS) is 14.4. The van der Waals surface area contributed by atoms with Gasteiger partial charge in [0.25, 0.3) is 0 Å². The Morgan fingerprint density at radius 2 is 1.79 bits per heavy atom. The van der Waals surface area contributed by atoms with Crippen molar-refractivity contribution in [1.82, 2.24) is 14.8 Å². The number of carbonyl (C=O) groups excluding carboxylic acids is 1. The molecule has 5 rings (SSSR count). The van der Waals surface area contributed by atoms with Gasteiger partial charge in [0.1, 0.15) is 12.6 Å². The molecule has 1 unspecified atom stereocenters. The number of rotatable bonds is 10. The van der Waals surface area contributed by atoms with Crippen LogP contribution in [0.5, 0.6) is 11.5 Å². The van der Waals surface area contributed by atoms with E-state index in [1.165, 1.54) is 11.8 Å². The molecule has 0 radical (unpaired) electrons. The number of anilines is 1. The number of hydrogen-bond donors (Lipinski definition) is 1. The minimum atomic E-state index is -0.552. The van der Waals surface area contributed by atoms with E-state index in [2.05, 4.69) is 21.2 Å². The molecule has 1 N–H and O–H groups in total. The van der Waals surface area contributed by atoms with Gasteiger partial charge in [-0.15, -0.1) is 5.10 Å². The molecular weight excluding hydrogens is 683 g/mol. The Balaban J connectivity index is 1.51. The van der Waals surface area contributed by atoms with E-state index in [0.717, 1.165) is 11.1 Å². The standard InChI is InChI=1S/C30H26BrCl3N4O3S/c1-4-40-25-13-19(12-21(31)28(25)41-14-20-23(33)10-7-11-24(20)34)27-26(17(3)39)16(2)35-29-36-30(37-38(27)29)42-15-18-8-5-6-9-22(18)32/h5-13,27H,4,14-15H2,1-3H3,(H,35,36,37). The van der Waals surface area contributed by atoms with E-state index in [0.29, 0.717) is 71.3 Å². The summed E-state index contributed by atoms with van der Waals surface area (Å²) in [5, 5.41) is 10.3. The molecular formula is C30H26BrCl3N4O3S. The molecule has 1 aliphatic rings. The molecule has 0 bridgehead atoms. The van der Waals surface area contributed by atoms with Crippen molar-refractivity contribution in [3.05, 3.63) is 102 Å². The van der Waals surface area contributed by atoms with E-state index in [4.69, 9.17) is 54.4 Å². The molecule has 0 aliphatic carbocycles. The largest absolute Gasteiger partial charge is 0.490 e. The molecule has 7 nitrogen and oxygen atoms in total. The molecule has 42 heavy (non-hydrogen) atoms. The van der Waals surface area contributed by atoms with Crippen LogP contribution in [0.2, 0.25) is 15.1 Å². The fourth-order valence-corrected chi connectivity index (χ4v) is 6.87. The average Bonchev–Trinajstić information content (AvgIpc) is 3.34. The zero-order valence-corrected chi connectivity index (χ0v) is 27.6. The second kappa shape index (κ2) is 13.3. The van der Waals surface area contributed by atoms with Gasteiger partial charge >= 0.3 is 0 Å². The predicted octanol–water partition coefficient (Wildman–Crippen LogP) is 9.15. The van der Waals surface area contributed by atoms with E-state index >= 15 is 0 Å². The number of allylic oxidation sites excluding steroid dienone is 2. The van der Waals surface area contributed by atoms with Crippen molar-refractivity contribution in [2.75, 3.05) is 11.9 Å². The zero-order chi connectivity index (χ0) is 30.0. The highest BCUT2D eigenvalue weighted by Crippen LogP contribution is 2.44. The molecule has 0 saturated heterocycles. The first kappa shape index (κ1) is 30.8. The zero-order valence-electron chi connectivity index (χ0n) is 22.9. The van der Waals surface area contributed by atoms with Crippen molar-refractivity contribution >= 4 is 74.2 Å². The molecule has 4 aromatic rings. The number of benzene rings is 3. The Hall–Kier alpha value is -2.69. The topological polar surface area (TPSA) is 78.3 Å². The van der Waals surface area contributed by atoms with Gasteiger partial charge in [-0.25, -0.2) is 4.68 Å². The smallest absolute Gasteiger partial charge is 0.227 e. The van der Waals surface area contributed by atoms with Crippen LogP contribution in [-0.2, 0) is 17.2 Å². The number of halogens is 4. The summed E-state index contributed by atoms with van der Waals surface area (Å²) in [5.41, 5.74) is 3.70. The summed E-state index contributed by atoms with van der Waals surface area (Å²) in [6.45, 7) is 5.84. The highest BCUT2D eigenvalue weighted by Gasteiger charge is 2.34. The second-order valence-corrected chi connectivity index (χ2v) is 12.4. The maximum absolute atomic E-state index is 13.0. The van der Waals surface area contributed by atoms with Gasteiger partial charge in [-0.1, -0.05) is 70.8 Å². The molecule has 1 aromatic heterocycles. The van der Waals surface area contributed by atoms with Gasteiger partial charge < -0.3 is 14.8 Å². The number of hydrogen-bond acceptors (Lipinski definition) is 7. The van der Waals surface area contributed by atoms with E-state index in [9.17, 15) is 4.79 Å². The van der Waals surface area contributed by atoms with Crippen molar-refractivity contribution in [1.29, 1.82) is 0 Å². The summed E-state index contributed by atoms with van der Waals surface area (Å²) in [4.78, 5) is 17.7. The highest BCUT2D eigenvalue weighted by molar-refractivity contribution is 9.10. The van der Waals surface area contributed by atoms with Crippen molar-refractivity contribution in [2.45, 2.75) is 44.3 Å². The lowest BCUT2D eigenvalue weighted by Gasteiger charge is -2.29. The third-order valence-electron chi connectivity index (χ3n) is 6.60. The molecule has 1 aliphatic heterocycles. The Kier molecular flexibility index (Phi) is 9.74. The summed E-state index contributed by atoms with van der Waals surface area (Å²) >= 11 is 24.2. The fraction of sp³-hybridized carbons (Fsp3) is 0.233. The van der Waals surface area contributed by atoms with Gasteiger partial charge in [0.2, 0.25) is 11.1 Å². The third-order valence-corrected chi connectivity index (χ3v) is 9.15. The van der Waals surface area contributed by atoms with Crippen molar-refractivity contribution in [2.24, 2.45) is 0 Å². The second-order valence-electron chi connectivity index (χ2n) is 9.42. The number of aromatic nitrogens is 3. The first-order valence-corrected chi connectivity index (χ1v) is 15.9. The van der Waals surface area contributed by atoms with Gasteiger partial charge in [0, 0.05) is 37.7 Å². The number of Topliss-reactive ketones (excluding diaryl/α,β-unsaturated/α-hetero) is 1. The Morgan fingerprint density at radius 3 is 2.48 bits per heavy atom. The average molecular weight is 709 g/mol. The molecule has 2 heterocycles. The van der Waals surface area contributed by atoms with Gasteiger partial charge in [-0.3, -0.25) is 4.79 Å². The SMILES string of the molecule is CCOc1cc(C2C(C(C)=O)=C(C)Nc3nc(SCc4ccccc4Cl)nn32)cc(Br)c1OCc1c(Cl)cccc1Cl. The van der Waals surface area contributed by atoms with Crippen LogP contribution < -0.4 is 14.8 Å². The Bertz CT molecular complexity index is 1670. The van der Waals surface area contributed by atoms with Crippen molar-refractivity contribution in [3.63, 3.8) is 0 Å². The summed E-state index contributed by atoms with van der Waals surface area (Å²) in [6, 6.07) is 16.2. The number of nitrogens with one attached hydrogen (secondary N) is 1. The van der Waals surface area contributed by atoms with E-state index in [-0.39, 0.29) is 12.4 Å². The molecule has 1 atom stereocenters. The summed E-state index contributed by atoms with van der Waals surface area (Å²) in [7, 11) is 0. The third kappa shape index (κ3) is 6.45. The predicted molar refractivity (Wildman–Crippen MR) is 172 cm³/mol. The number of fused-ring (bicyclic) bond motifs is 1. The van der Waals surface area contributed by atoms with E-state index < -0.39 is 6.04 Å². The maximum atomic E-state index is 13.0. The van der Waals surface area contributed by atoms with Crippen LogP contribution >= 0.6 is 62.5 Å². The van der Waals surface area contributed by atoms with Crippen molar-refractivity contribution < 1.29 is 14.3 Å². The summed E-state index contributed by atoms with van der Waals surface area (Å²) < 4.78 is 14.6. The number of thioether (sulfide) groups is 1. The highest BCUT2D eigenvalue weighted by atomic mass is 79.9. The quantitative estimate of drug-likeness (QED) is 0.165. The maximum Gasteiger partial charge on any atom is 0.227 e. The molecule has 0 spiro atoms. The lowest BCUT2D eigenvalue weighted by molar-refractivity contribution is -0.114. The Labute approximate surface area is 271 Å². The summed E-state index contributed by atoms with van der Waals surface area (Å²) in [6.07, 6.45) is 0. The molecule has 12 heteroatoms. The minimum absolute atomic E-state index is 0.0841. The molecule has 0 saturated carbocycles. The van der Waals surface area contributed by atoms with Crippen LogP contribution in [0, 0.1) is 0 Å². The van der Waals surface area contributed by atoms with E-state index in [1.54, 1.807) is 29.8 Å². The number of ether oxygens (including phenoxy) is 2. The van der Waals surface area contributed by atoms with Crippen LogP contribution in [-0.4, -0.2) is 27.2 Å². The number of ketones is 1. The summed E-state index contributed by atoms with van der Waals surface area (Å²) in [5.74, 6) is 2.04. The molecule has 3 aromatic carbocycles. The minimum Gasteiger partial charge on any atom is -0.490 e. The first-order valence-electron chi connectivity index (χ1n) is 13.0. The lowest BCUT2D eigenvalue weighted by atomic mass is 9.93. The molecule has 218 valence electrons. The van der Waals surface area contributed by atoms with Crippen LogP contribution in [0.4, 0.5) is 5.95 Å². The van der Waals surface area contributed by atoms with E-state index in [1.807, 2.05) is 50.2 Å². The number of carbonyl (C=O) groups is 1. The monoisotopic (exact) mass is 706 g/mol. The van der Waals surface area contributed by atoms with Crippen LogP contribution in [0.15, 0.2) is 75.5 Å². The Morgan fingerprint density at radius 1 is 1.07 bits per heavy atom. The van der Waals surface area contributed by atoms with Crippen molar-refractivity contribution in [3.8, 4) is 11.5 Å². The van der Waals surface area contributed by atoms with Crippen LogP contribution in [0.3, 0.4) is 0 Å². The van der Waals surface area contributed by atoms with Gasteiger partial charge in [-0.2, -0.15) is 4.98 Å². The molecule has 0 amide bonds. The fourth-order valence-electron chi connectivity index (χ4n) is 4.68. The lowest BCUT2D eigenvalue weighted by Crippen LogP contribution is -2.28. The van der Waals surface area contributed by atoms with Gasteiger partial charge in [0.15, 0.2) is 17.3 Å². The van der Waals surface area contributed by atoms with Crippen LogP contribution in [0.25, 0.3) is 0 Å². The molecule has 0 fully saturated rings.